The molecule has 9 heteroatoms. The molecule has 6 nitrogen and oxygen atoms in total. The van der Waals surface area contributed by atoms with Crippen LogP contribution in [0.1, 0.15) is 63.1 Å². The summed E-state index contributed by atoms with van der Waals surface area (Å²) in [4.78, 5) is 3.83. The summed E-state index contributed by atoms with van der Waals surface area (Å²) < 4.78 is 54.5. The van der Waals surface area contributed by atoms with E-state index in [0.29, 0.717) is 11.5 Å². The van der Waals surface area contributed by atoms with Gasteiger partial charge in [-0.05, 0) is 93.8 Å². The third-order valence-corrected chi connectivity index (χ3v) is 8.05. The number of hydrogen-bond acceptors (Lipinski definition) is 5. The van der Waals surface area contributed by atoms with E-state index in [4.69, 9.17) is 9.47 Å². The Labute approximate surface area is 236 Å². The Morgan fingerprint density at radius 1 is 1.05 bits per heavy atom. The number of anilines is 1. The van der Waals surface area contributed by atoms with Crippen molar-refractivity contribution < 1.29 is 22.6 Å². The molecular formula is C32H31F3N4O2. The number of fused-ring (bicyclic) bond motifs is 1. The van der Waals surface area contributed by atoms with Gasteiger partial charge in [-0.25, -0.2) is 4.98 Å². The SMILES string of the molecule is CC(Nc1ccc(-c2c(C#N)c3ccc(Oc4ncccc4C(F)(F)F)cc3n2C2CCC2)cc1)O[C@H](C)C1CC1. The number of nitrogens with one attached hydrogen (secondary N) is 1. The maximum Gasteiger partial charge on any atom is 0.421 e. The molecule has 2 aromatic heterocycles. The second kappa shape index (κ2) is 10.7. The summed E-state index contributed by atoms with van der Waals surface area (Å²) in [5.74, 6) is 0.375. The van der Waals surface area contributed by atoms with E-state index in [1.807, 2.05) is 31.2 Å². The van der Waals surface area contributed by atoms with Crippen LogP contribution in [0.15, 0.2) is 60.8 Å². The number of rotatable bonds is 9. The second-order valence-electron chi connectivity index (χ2n) is 11.0. The molecule has 2 aromatic carbocycles. The first-order valence-corrected chi connectivity index (χ1v) is 14.0. The molecule has 0 radical (unpaired) electrons. The van der Waals surface area contributed by atoms with E-state index in [1.54, 1.807) is 18.2 Å². The fourth-order valence-electron chi connectivity index (χ4n) is 5.57. The van der Waals surface area contributed by atoms with Gasteiger partial charge in [0.2, 0.25) is 5.88 Å². The van der Waals surface area contributed by atoms with Gasteiger partial charge in [-0.15, -0.1) is 0 Å². The summed E-state index contributed by atoms with van der Waals surface area (Å²) in [5, 5.41) is 14.4. The Morgan fingerprint density at radius 3 is 2.44 bits per heavy atom. The van der Waals surface area contributed by atoms with Crippen molar-refractivity contribution in [3.63, 3.8) is 0 Å². The second-order valence-corrected chi connectivity index (χ2v) is 11.0. The molecule has 6 rings (SSSR count). The number of halogens is 3. The van der Waals surface area contributed by atoms with Gasteiger partial charge in [0.1, 0.15) is 23.6 Å². The zero-order chi connectivity index (χ0) is 28.7. The van der Waals surface area contributed by atoms with E-state index in [0.717, 1.165) is 53.2 Å². The van der Waals surface area contributed by atoms with Crippen molar-refractivity contribution in [2.45, 2.75) is 70.5 Å². The van der Waals surface area contributed by atoms with Gasteiger partial charge in [0.05, 0.1) is 22.9 Å². The van der Waals surface area contributed by atoms with Gasteiger partial charge in [0.25, 0.3) is 0 Å². The lowest BCUT2D eigenvalue weighted by Crippen LogP contribution is -2.25. The monoisotopic (exact) mass is 560 g/mol. The number of ether oxygens (including phenoxy) is 2. The molecule has 2 saturated carbocycles. The van der Waals surface area contributed by atoms with Crippen LogP contribution in [0.4, 0.5) is 18.9 Å². The molecule has 0 aliphatic heterocycles. The average Bonchev–Trinajstić information content (AvgIpc) is 3.72. The largest absolute Gasteiger partial charge is 0.438 e. The highest BCUT2D eigenvalue weighted by molar-refractivity contribution is 5.95. The Kier molecular flexibility index (Phi) is 7.12. The van der Waals surface area contributed by atoms with Crippen molar-refractivity contribution in [2.75, 3.05) is 5.32 Å². The molecule has 4 aromatic rings. The molecule has 2 heterocycles. The number of nitriles is 1. The van der Waals surface area contributed by atoms with Crippen LogP contribution < -0.4 is 10.1 Å². The molecule has 1 N–H and O–H groups in total. The fourth-order valence-corrected chi connectivity index (χ4v) is 5.57. The highest BCUT2D eigenvalue weighted by Crippen LogP contribution is 2.44. The van der Waals surface area contributed by atoms with E-state index in [-0.39, 0.29) is 24.1 Å². The average molecular weight is 561 g/mol. The molecule has 0 bridgehead atoms. The predicted molar refractivity (Wildman–Crippen MR) is 151 cm³/mol. The predicted octanol–water partition coefficient (Wildman–Crippen LogP) is 8.68. The summed E-state index contributed by atoms with van der Waals surface area (Å²) in [6.07, 6.45) is 2.20. The fraction of sp³-hybridized carbons (Fsp3) is 0.375. The van der Waals surface area contributed by atoms with Crippen LogP contribution in [0.5, 0.6) is 11.6 Å². The van der Waals surface area contributed by atoms with Gasteiger partial charge in [0, 0.05) is 29.4 Å². The normalized spacial score (nSPS) is 17.1. The van der Waals surface area contributed by atoms with E-state index in [9.17, 15) is 18.4 Å². The smallest absolute Gasteiger partial charge is 0.421 e. The number of nitrogens with zero attached hydrogens (tertiary/aromatic N) is 3. The lowest BCUT2D eigenvalue weighted by atomic mass is 9.92. The molecule has 212 valence electrons. The summed E-state index contributed by atoms with van der Waals surface area (Å²) in [7, 11) is 0. The number of alkyl halides is 3. The van der Waals surface area contributed by atoms with E-state index >= 15 is 0 Å². The summed E-state index contributed by atoms with van der Waals surface area (Å²) in [5.41, 5.74) is 2.95. The van der Waals surface area contributed by atoms with Gasteiger partial charge >= 0.3 is 6.18 Å². The van der Waals surface area contributed by atoms with Crippen LogP contribution in [-0.4, -0.2) is 21.9 Å². The third kappa shape index (κ3) is 5.49. The molecule has 2 aliphatic carbocycles. The van der Waals surface area contributed by atoms with Crippen molar-refractivity contribution in [1.82, 2.24) is 9.55 Å². The van der Waals surface area contributed by atoms with E-state index < -0.39 is 17.6 Å². The van der Waals surface area contributed by atoms with Gasteiger partial charge < -0.3 is 19.4 Å². The Balaban J connectivity index is 1.34. The third-order valence-electron chi connectivity index (χ3n) is 8.05. The van der Waals surface area contributed by atoms with Crippen molar-refractivity contribution in [2.24, 2.45) is 5.92 Å². The van der Waals surface area contributed by atoms with Gasteiger partial charge in [-0.3, -0.25) is 0 Å². The van der Waals surface area contributed by atoms with Gasteiger partial charge in [-0.1, -0.05) is 12.1 Å². The Morgan fingerprint density at radius 2 is 1.80 bits per heavy atom. The summed E-state index contributed by atoms with van der Waals surface area (Å²) in [6.45, 7) is 4.11. The van der Waals surface area contributed by atoms with Crippen molar-refractivity contribution >= 4 is 16.6 Å². The zero-order valence-electron chi connectivity index (χ0n) is 22.9. The number of aromatic nitrogens is 2. The van der Waals surface area contributed by atoms with Gasteiger partial charge in [0.15, 0.2) is 0 Å². The standard InChI is InChI=1S/C32H31F3N4O2/c1-19(21-8-9-21)40-20(2)38-23-12-10-22(11-13-23)30-27(18-36)26-15-14-25(17-29(26)39(30)24-5-3-6-24)41-31-28(32(33,34)35)7-4-16-37-31/h4,7,10-17,19-21,24,38H,3,5-6,8-9H2,1-2H3/t19-,20?/m1/s1. The molecule has 2 aliphatic rings. The van der Waals surface area contributed by atoms with Crippen molar-refractivity contribution in [1.29, 1.82) is 5.26 Å². The molecule has 0 spiro atoms. The van der Waals surface area contributed by atoms with Gasteiger partial charge in [-0.2, -0.15) is 18.4 Å². The number of hydrogen-bond donors (Lipinski definition) is 1. The van der Waals surface area contributed by atoms with Crippen LogP contribution in [-0.2, 0) is 10.9 Å². The van der Waals surface area contributed by atoms with Crippen LogP contribution in [0.25, 0.3) is 22.2 Å². The number of benzene rings is 2. The minimum Gasteiger partial charge on any atom is -0.438 e. The molecule has 2 atom stereocenters. The lowest BCUT2D eigenvalue weighted by Gasteiger charge is -2.30. The van der Waals surface area contributed by atoms with Crippen LogP contribution in [0.3, 0.4) is 0 Å². The Hall–Kier alpha value is -4.03. The summed E-state index contributed by atoms with van der Waals surface area (Å²) >= 11 is 0. The molecule has 0 amide bonds. The molecule has 0 saturated heterocycles. The topological polar surface area (TPSA) is 72.1 Å². The van der Waals surface area contributed by atoms with E-state index in [1.165, 1.54) is 25.1 Å². The Bertz CT molecular complexity index is 1600. The van der Waals surface area contributed by atoms with Crippen molar-refractivity contribution in [3.05, 3.63) is 71.9 Å². The molecular weight excluding hydrogens is 529 g/mol. The quantitative estimate of drug-likeness (QED) is 0.207. The first-order chi connectivity index (χ1) is 19.7. The lowest BCUT2D eigenvalue weighted by molar-refractivity contribution is -0.138. The first-order valence-electron chi connectivity index (χ1n) is 14.0. The molecule has 41 heavy (non-hydrogen) atoms. The molecule has 1 unspecified atom stereocenters. The highest BCUT2D eigenvalue weighted by atomic mass is 19.4. The minimum absolute atomic E-state index is 0.136. The zero-order valence-corrected chi connectivity index (χ0v) is 22.9. The van der Waals surface area contributed by atoms with E-state index in [2.05, 4.69) is 27.9 Å². The maximum absolute atomic E-state index is 13.5. The maximum atomic E-state index is 13.5. The summed E-state index contributed by atoms with van der Waals surface area (Å²) in [6, 6.07) is 17.7. The number of pyridine rings is 1. The van der Waals surface area contributed by atoms with Crippen molar-refractivity contribution in [3.8, 4) is 29.0 Å². The van der Waals surface area contributed by atoms with Crippen LogP contribution in [0.2, 0.25) is 0 Å². The minimum atomic E-state index is -4.60. The van der Waals surface area contributed by atoms with Crippen LogP contribution >= 0.6 is 0 Å². The van der Waals surface area contributed by atoms with Crippen LogP contribution in [0, 0.1) is 17.2 Å². The first kappa shape index (κ1) is 27.2. The molecule has 2 fully saturated rings. The highest BCUT2D eigenvalue weighted by Gasteiger charge is 2.35.